The minimum absolute atomic E-state index is 0.115. The zero-order chi connectivity index (χ0) is 18.8. The van der Waals surface area contributed by atoms with Crippen LogP contribution in [0.1, 0.15) is 21.5 Å². The van der Waals surface area contributed by atoms with Gasteiger partial charge in [-0.15, -0.1) is 0 Å². The van der Waals surface area contributed by atoms with Crippen LogP contribution >= 0.6 is 0 Å². The summed E-state index contributed by atoms with van der Waals surface area (Å²) in [5, 5.41) is 5.02. The molecule has 5 rings (SSSR count). The molecule has 0 atom stereocenters. The van der Waals surface area contributed by atoms with Gasteiger partial charge in [-0.05, 0) is 25.1 Å². The predicted octanol–water partition coefficient (Wildman–Crippen LogP) is 3.79. The topological polar surface area (TPSA) is 69.0 Å². The lowest BCUT2D eigenvalue weighted by atomic mass is 9.87. The van der Waals surface area contributed by atoms with Crippen molar-refractivity contribution >= 4 is 26.7 Å². The third kappa shape index (κ3) is 2.13. The molecule has 3 aromatic carbocycles. The first-order valence-electron chi connectivity index (χ1n) is 8.46. The van der Waals surface area contributed by atoms with E-state index in [4.69, 9.17) is 0 Å². The maximum absolute atomic E-state index is 13.2. The van der Waals surface area contributed by atoms with Crippen LogP contribution in [-0.2, 0) is 10.0 Å². The highest BCUT2D eigenvalue weighted by Crippen LogP contribution is 2.39. The van der Waals surface area contributed by atoms with Crippen molar-refractivity contribution in [3.8, 4) is 11.3 Å². The minimum atomic E-state index is -3.89. The van der Waals surface area contributed by atoms with Crippen molar-refractivity contribution in [3.05, 3.63) is 83.4 Å². The summed E-state index contributed by atoms with van der Waals surface area (Å²) in [5.74, 6) is -0.115. The molecular formula is C21H14N2O3S. The number of rotatable bonds is 2. The first kappa shape index (κ1) is 16.0. The van der Waals surface area contributed by atoms with Crippen molar-refractivity contribution in [2.75, 3.05) is 0 Å². The monoisotopic (exact) mass is 374 g/mol. The highest BCUT2D eigenvalue weighted by Gasteiger charge is 2.31. The fourth-order valence-electron chi connectivity index (χ4n) is 3.55. The summed E-state index contributed by atoms with van der Waals surface area (Å²) >= 11 is 0. The van der Waals surface area contributed by atoms with Crippen LogP contribution in [0.2, 0.25) is 0 Å². The summed E-state index contributed by atoms with van der Waals surface area (Å²) in [4.78, 5) is 13.0. The SMILES string of the molecule is Cc1ccc(S(=O)(=O)n2nc3c4c(cccc42)C(=O)c2ccccc2-3)cc1. The van der Waals surface area contributed by atoms with Crippen LogP contribution in [0.3, 0.4) is 0 Å². The Kier molecular flexibility index (Phi) is 3.18. The smallest absolute Gasteiger partial charge is 0.283 e. The van der Waals surface area contributed by atoms with Crippen LogP contribution in [0.15, 0.2) is 71.6 Å². The van der Waals surface area contributed by atoms with Crippen molar-refractivity contribution in [1.29, 1.82) is 0 Å². The number of aromatic nitrogens is 2. The Hall–Kier alpha value is -3.25. The van der Waals surface area contributed by atoms with E-state index < -0.39 is 10.0 Å². The number of carbonyl (C=O) groups excluding carboxylic acids is 1. The number of fused-ring (bicyclic) bond motifs is 2. The number of aryl methyl sites for hydroxylation is 1. The Balaban J connectivity index is 1.86. The Morgan fingerprint density at radius 2 is 1.48 bits per heavy atom. The van der Waals surface area contributed by atoms with Crippen molar-refractivity contribution in [3.63, 3.8) is 0 Å². The van der Waals surface area contributed by atoms with Gasteiger partial charge >= 0.3 is 0 Å². The third-order valence-corrected chi connectivity index (χ3v) is 6.50. The van der Waals surface area contributed by atoms with Gasteiger partial charge in [0.05, 0.1) is 10.4 Å². The molecule has 132 valence electrons. The van der Waals surface area contributed by atoms with Crippen molar-refractivity contribution in [1.82, 2.24) is 9.19 Å². The van der Waals surface area contributed by atoms with Crippen molar-refractivity contribution in [2.24, 2.45) is 0 Å². The Labute approximate surface area is 155 Å². The van der Waals surface area contributed by atoms with Gasteiger partial charge < -0.3 is 0 Å². The molecule has 0 unspecified atom stereocenters. The van der Waals surface area contributed by atoms with Crippen molar-refractivity contribution in [2.45, 2.75) is 11.8 Å². The molecule has 0 amide bonds. The molecule has 1 heterocycles. The lowest BCUT2D eigenvalue weighted by Gasteiger charge is -2.13. The van der Waals surface area contributed by atoms with Crippen LogP contribution in [-0.4, -0.2) is 23.4 Å². The van der Waals surface area contributed by atoms with Gasteiger partial charge in [-0.3, -0.25) is 4.79 Å². The number of carbonyl (C=O) groups is 1. The van der Waals surface area contributed by atoms with Crippen molar-refractivity contribution < 1.29 is 13.2 Å². The first-order valence-corrected chi connectivity index (χ1v) is 9.90. The molecule has 0 N–H and O–H groups in total. The van der Waals surface area contributed by atoms with E-state index in [9.17, 15) is 13.2 Å². The number of nitrogens with zero attached hydrogens (tertiary/aromatic N) is 2. The average Bonchev–Trinajstić information content (AvgIpc) is 3.08. The van der Waals surface area contributed by atoms with Crippen LogP contribution in [0.4, 0.5) is 0 Å². The summed E-state index contributed by atoms with van der Waals surface area (Å²) in [5.41, 5.74) is 3.57. The molecule has 0 bridgehead atoms. The molecule has 6 heteroatoms. The summed E-state index contributed by atoms with van der Waals surface area (Å²) in [6.45, 7) is 1.90. The Morgan fingerprint density at radius 3 is 2.22 bits per heavy atom. The normalized spacial score (nSPS) is 13.0. The molecule has 1 aliphatic carbocycles. The Bertz CT molecular complexity index is 1350. The van der Waals surface area contributed by atoms with Gasteiger partial charge in [-0.1, -0.05) is 54.1 Å². The molecular weight excluding hydrogens is 360 g/mol. The standard InChI is InChI=1S/C21H14N2O3S/c1-13-9-11-14(12-10-13)27(25,26)23-18-8-4-7-17-19(18)20(22-23)15-5-2-3-6-16(15)21(17)24/h2-12H,1H3. The zero-order valence-corrected chi connectivity index (χ0v) is 15.2. The van der Waals surface area contributed by atoms with E-state index in [0.29, 0.717) is 33.3 Å². The highest BCUT2D eigenvalue weighted by atomic mass is 32.2. The summed E-state index contributed by atoms with van der Waals surface area (Å²) in [6.07, 6.45) is 0. The molecule has 4 aromatic rings. The van der Waals surface area contributed by atoms with E-state index in [-0.39, 0.29) is 10.7 Å². The van der Waals surface area contributed by atoms with Crippen LogP contribution in [0.25, 0.3) is 22.2 Å². The molecule has 0 aliphatic heterocycles. The highest BCUT2D eigenvalue weighted by molar-refractivity contribution is 7.90. The number of ketones is 1. The number of hydrogen-bond donors (Lipinski definition) is 0. The fraction of sp³-hybridized carbons (Fsp3) is 0.0476. The van der Waals surface area contributed by atoms with Gasteiger partial charge in [0, 0.05) is 22.1 Å². The quantitative estimate of drug-likeness (QED) is 0.471. The van der Waals surface area contributed by atoms with Crippen LogP contribution < -0.4 is 0 Å². The lowest BCUT2D eigenvalue weighted by molar-refractivity contribution is 0.104. The van der Waals surface area contributed by atoms with Crippen LogP contribution in [0.5, 0.6) is 0 Å². The molecule has 0 radical (unpaired) electrons. The average molecular weight is 374 g/mol. The summed E-state index contributed by atoms with van der Waals surface area (Å²) in [6, 6.07) is 18.9. The van der Waals surface area contributed by atoms with E-state index in [1.54, 1.807) is 60.7 Å². The summed E-state index contributed by atoms with van der Waals surface area (Å²) in [7, 11) is -3.89. The third-order valence-electron chi connectivity index (χ3n) is 4.89. The minimum Gasteiger partial charge on any atom is -0.289 e. The molecule has 5 nitrogen and oxygen atoms in total. The Morgan fingerprint density at radius 1 is 0.815 bits per heavy atom. The second-order valence-corrected chi connectivity index (χ2v) is 8.35. The van der Waals surface area contributed by atoms with Gasteiger partial charge in [0.1, 0.15) is 5.69 Å². The molecule has 27 heavy (non-hydrogen) atoms. The van der Waals surface area contributed by atoms with E-state index >= 15 is 0 Å². The van der Waals surface area contributed by atoms with Crippen LogP contribution in [0, 0.1) is 6.92 Å². The largest absolute Gasteiger partial charge is 0.289 e. The molecule has 0 saturated carbocycles. The number of benzene rings is 3. The van der Waals surface area contributed by atoms with Gasteiger partial charge in [0.15, 0.2) is 5.78 Å². The predicted molar refractivity (Wildman–Crippen MR) is 102 cm³/mol. The van der Waals surface area contributed by atoms with Gasteiger partial charge in [-0.2, -0.15) is 17.6 Å². The summed E-state index contributed by atoms with van der Waals surface area (Å²) < 4.78 is 27.5. The molecule has 0 spiro atoms. The molecule has 0 fully saturated rings. The van der Waals surface area contributed by atoms with Gasteiger partial charge in [-0.25, -0.2) is 0 Å². The van der Waals surface area contributed by atoms with E-state index in [0.717, 1.165) is 9.65 Å². The molecule has 0 saturated heterocycles. The molecule has 1 aliphatic rings. The zero-order valence-electron chi connectivity index (χ0n) is 14.4. The lowest BCUT2D eigenvalue weighted by Crippen LogP contribution is -2.14. The number of hydrogen-bond acceptors (Lipinski definition) is 4. The first-order chi connectivity index (χ1) is 13.0. The maximum atomic E-state index is 13.2. The maximum Gasteiger partial charge on any atom is 0.283 e. The van der Waals surface area contributed by atoms with Gasteiger partial charge in [0.25, 0.3) is 10.0 Å². The van der Waals surface area contributed by atoms with Gasteiger partial charge in [0.2, 0.25) is 0 Å². The molecule has 1 aromatic heterocycles. The second-order valence-electron chi connectivity index (χ2n) is 6.58. The van der Waals surface area contributed by atoms with E-state index in [1.165, 1.54) is 0 Å². The van der Waals surface area contributed by atoms with E-state index in [1.807, 2.05) is 13.0 Å². The van der Waals surface area contributed by atoms with E-state index in [2.05, 4.69) is 5.10 Å². The second kappa shape index (κ2) is 5.37. The fourth-order valence-corrected chi connectivity index (χ4v) is 4.83.